The number of likely N-dealkylation sites (tertiary alicyclic amines) is 1. The lowest BCUT2D eigenvalue weighted by Gasteiger charge is -2.34. The number of hydrogen-bond acceptors (Lipinski definition) is 3. The first-order valence-electron chi connectivity index (χ1n) is 8.46. The molecule has 23 heavy (non-hydrogen) atoms. The fraction of sp³-hybridized carbons (Fsp3) is 0.611. The van der Waals surface area contributed by atoms with Crippen molar-refractivity contribution in [1.82, 2.24) is 4.90 Å². The van der Waals surface area contributed by atoms with Gasteiger partial charge in [0.2, 0.25) is 5.91 Å². The van der Waals surface area contributed by atoms with Crippen LogP contribution in [0.15, 0.2) is 24.3 Å². The van der Waals surface area contributed by atoms with Crippen molar-refractivity contribution in [3.05, 3.63) is 30.1 Å². The van der Waals surface area contributed by atoms with Gasteiger partial charge in [-0.1, -0.05) is 12.8 Å². The minimum Gasteiger partial charge on any atom is -0.490 e. The smallest absolute Gasteiger partial charge is 0.225 e. The maximum Gasteiger partial charge on any atom is 0.225 e. The van der Waals surface area contributed by atoms with Crippen LogP contribution >= 0.6 is 0 Å². The van der Waals surface area contributed by atoms with Crippen molar-refractivity contribution < 1.29 is 19.0 Å². The van der Waals surface area contributed by atoms with E-state index in [1.807, 2.05) is 4.90 Å². The molecule has 1 saturated heterocycles. The number of amides is 1. The van der Waals surface area contributed by atoms with Crippen molar-refractivity contribution in [2.75, 3.05) is 13.1 Å². The number of ether oxygens (including phenoxy) is 1. The first-order valence-corrected chi connectivity index (χ1v) is 8.46. The van der Waals surface area contributed by atoms with E-state index < -0.39 is 5.60 Å². The number of rotatable bonds is 4. The summed E-state index contributed by atoms with van der Waals surface area (Å²) in [5.41, 5.74) is -0.779. The predicted molar refractivity (Wildman–Crippen MR) is 84.7 cm³/mol. The molecule has 0 radical (unpaired) electrons. The highest BCUT2D eigenvalue weighted by atomic mass is 19.1. The predicted octanol–water partition coefficient (Wildman–Crippen LogP) is 2.89. The Morgan fingerprint density at radius 3 is 2.43 bits per heavy atom. The summed E-state index contributed by atoms with van der Waals surface area (Å²) in [4.78, 5) is 14.2. The van der Waals surface area contributed by atoms with Crippen molar-refractivity contribution in [2.24, 2.45) is 0 Å². The van der Waals surface area contributed by atoms with Gasteiger partial charge in [0.25, 0.3) is 0 Å². The zero-order chi connectivity index (χ0) is 16.3. The molecule has 0 aromatic heterocycles. The molecule has 1 aromatic rings. The lowest BCUT2D eigenvalue weighted by Crippen LogP contribution is -2.44. The lowest BCUT2D eigenvalue weighted by molar-refractivity contribution is -0.138. The SMILES string of the molecule is O=C(CC1(O)CCCC1)N1CCC(Oc2ccc(F)cc2)CC1. The molecular weight excluding hydrogens is 297 g/mol. The second-order valence-electron chi connectivity index (χ2n) is 6.76. The van der Waals surface area contributed by atoms with E-state index >= 15 is 0 Å². The molecule has 0 bridgehead atoms. The standard InChI is InChI=1S/C18H24FNO3/c19-14-3-5-15(6-4-14)23-16-7-11-20(12-8-16)17(21)13-18(22)9-1-2-10-18/h3-6,16,22H,1-2,7-13H2. The highest BCUT2D eigenvalue weighted by Crippen LogP contribution is 2.33. The summed E-state index contributed by atoms with van der Waals surface area (Å²) in [5, 5.41) is 10.4. The Morgan fingerprint density at radius 1 is 1.22 bits per heavy atom. The van der Waals surface area contributed by atoms with E-state index in [0.717, 1.165) is 38.5 Å². The number of aliphatic hydroxyl groups is 1. The zero-order valence-electron chi connectivity index (χ0n) is 13.3. The highest BCUT2D eigenvalue weighted by Gasteiger charge is 2.35. The molecule has 1 heterocycles. The first kappa shape index (κ1) is 16.2. The van der Waals surface area contributed by atoms with E-state index in [1.165, 1.54) is 12.1 Å². The molecule has 5 heteroatoms. The summed E-state index contributed by atoms with van der Waals surface area (Å²) in [5.74, 6) is 0.439. The van der Waals surface area contributed by atoms with Crippen molar-refractivity contribution >= 4 is 5.91 Å². The quantitative estimate of drug-likeness (QED) is 0.928. The van der Waals surface area contributed by atoms with Gasteiger partial charge in [-0.15, -0.1) is 0 Å². The van der Waals surface area contributed by atoms with Crippen molar-refractivity contribution in [1.29, 1.82) is 0 Å². The van der Waals surface area contributed by atoms with Crippen LogP contribution < -0.4 is 4.74 Å². The molecule has 3 rings (SSSR count). The van der Waals surface area contributed by atoms with E-state index in [0.29, 0.717) is 18.8 Å². The van der Waals surface area contributed by atoms with Crippen LogP contribution in [0.25, 0.3) is 0 Å². The molecule has 1 aliphatic carbocycles. The van der Waals surface area contributed by atoms with Crippen LogP contribution in [0.5, 0.6) is 5.75 Å². The first-order chi connectivity index (χ1) is 11.0. The maximum atomic E-state index is 12.9. The maximum absolute atomic E-state index is 12.9. The van der Waals surface area contributed by atoms with Gasteiger partial charge >= 0.3 is 0 Å². The number of hydrogen-bond donors (Lipinski definition) is 1. The van der Waals surface area contributed by atoms with Gasteiger partial charge in [0.1, 0.15) is 17.7 Å². The summed E-state index contributed by atoms with van der Waals surface area (Å²) in [6.45, 7) is 1.31. The summed E-state index contributed by atoms with van der Waals surface area (Å²) < 4.78 is 18.7. The molecule has 2 fully saturated rings. The minimum atomic E-state index is -0.779. The normalized spacial score (nSPS) is 21.4. The molecule has 0 unspecified atom stereocenters. The molecule has 1 saturated carbocycles. The molecule has 1 aliphatic heterocycles. The second-order valence-corrected chi connectivity index (χ2v) is 6.76. The summed E-state index contributed by atoms with van der Waals surface area (Å²) in [6.07, 6.45) is 5.33. The third-order valence-corrected chi connectivity index (χ3v) is 4.93. The van der Waals surface area contributed by atoms with Crippen LogP contribution in [-0.2, 0) is 4.79 Å². The average molecular weight is 321 g/mol. The van der Waals surface area contributed by atoms with E-state index in [-0.39, 0.29) is 24.2 Å². The van der Waals surface area contributed by atoms with Gasteiger partial charge in [-0.25, -0.2) is 4.39 Å². The van der Waals surface area contributed by atoms with Crippen LogP contribution in [0, 0.1) is 5.82 Å². The second kappa shape index (κ2) is 6.87. The lowest BCUT2D eigenvalue weighted by atomic mass is 9.96. The largest absolute Gasteiger partial charge is 0.490 e. The third-order valence-electron chi connectivity index (χ3n) is 4.93. The van der Waals surface area contributed by atoms with Gasteiger partial charge in [-0.3, -0.25) is 4.79 Å². The minimum absolute atomic E-state index is 0.0506. The van der Waals surface area contributed by atoms with Gasteiger partial charge < -0.3 is 14.7 Å². The van der Waals surface area contributed by atoms with Crippen LogP contribution in [0.4, 0.5) is 4.39 Å². The number of benzene rings is 1. The topological polar surface area (TPSA) is 49.8 Å². The van der Waals surface area contributed by atoms with Gasteiger partial charge in [0.05, 0.1) is 12.0 Å². The molecule has 1 aromatic carbocycles. The van der Waals surface area contributed by atoms with Gasteiger partial charge in [-0.05, 0) is 37.1 Å². The third kappa shape index (κ3) is 4.22. The fourth-order valence-electron chi connectivity index (χ4n) is 3.53. The molecule has 1 amide bonds. The van der Waals surface area contributed by atoms with Gasteiger partial charge in [0, 0.05) is 25.9 Å². The highest BCUT2D eigenvalue weighted by molar-refractivity contribution is 5.77. The Morgan fingerprint density at radius 2 is 1.83 bits per heavy atom. The molecular formula is C18H24FNO3. The van der Waals surface area contributed by atoms with Crippen molar-refractivity contribution in [2.45, 2.75) is 56.7 Å². The summed E-state index contributed by atoms with van der Waals surface area (Å²) >= 11 is 0. The number of carbonyl (C=O) groups excluding carboxylic acids is 1. The average Bonchev–Trinajstić information content (AvgIpc) is 2.96. The van der Waals surface area contributed by atoms with Crippen LogP contribution in [0.2, 0.25) is 0 Å². The Hall–Kier alpha value is -1.62. The number of halogens is 1. The molecule has 1 N–H and O–H groups in total. The molecule has 0 atom stereocenters. The van der Waals surface area contributed by atoms with Crippen LogP contribution in [0.1, 0.15) is 44.9 Å². The fourth-order valence-corrected chi connectivity index (χ4v) is 3.53. The Bertz CT molecular complexity index is 532. The Balaban J connectivity index is 1.46. The monoisotopic (exact) mass is 321 g/mol. The molecule has 0 spiro atoms. The van der Waals surface area contributed by atoms with E-state index in [4.69, 9.17) is 4.74 Å². The van der Waals surface area contributed by atoms with E-state index in [1.54, 1.807) is 12.1 Å². The van der Waals surface area contributed by atoms with Crippen LogP contribution in [-0.4, -0.2) is 40.7 Å². The zero-order valence-corrected chi connectivity index (χ0v) is 13.3. The molecule has 126 valence electrons. The van der Waals surface area contributed by atoms with Gasteiger partial charge in [0.15, 0.2) is 0 Å². The Kier molecular flexibility index (Phi) is 4.85. The number of carbonyl (C=O) groups is 1. The summed E-state index contributed by atoms with van der Waals surface area (Å²) in [7, 11) is 0. The molecule has 4 nitrogen and oxygen atoms in total. The van der Waals surface area contributed by atoms with Crippen molar-refractivity contribution in [3.63, 3.8) is 0 Å². The number of piperidine rings is 1. The van der Waals surface area contributed by atoms with E-state index in [9.17, 15) is 14.3 Å². The Labute approximate surface area is 136 Å². The van der Waals surface area contributed by atoms with Gasteiger partial charge in [-0.2, -0.15) is 0 Å². The summed E-state index contributed by atoms with van der Waals surface area (Å²) in [6, 6.07) is 6.03. The van der Waals surface area contributed by atoms with Crippen LogP contribution in [0.3, 0.4) is 0 Å². The number of nitrogens with zero attached hydrogens (tertiary/aromatic N) is 1. The molecule has 2 aliphatic rings. The van der Waals surface area contributed by atoms with Crippen molar-refractivity contribution in [3.8, 4) is 5.75 Å². The van der Waals surface area contributed by atoms with E-state index in [2.05, 4.69) is 0 Å².